The summed E-state index contributed by atoms with van der Waals surface area (Å²) in [7, 11) is 1.23. The first kappa shape index (κ1) is 32.6. The molecule has 0 amide bonds. The smallest absolute Gasteiger partial charge is 0.192 e. The highest BCUT2D eigenvalue weighted by Gasteiger charge is 2.48. The number of benzene rings is 2. The molecule has 1 heterocycles. The van der Waals surface area contributed by atoms with Crippen molar-refractivity contribution in [3.63, 3.8) is 0 Å². The first-order valence-corrected chi connectivity index (χ1v) is 17.2. The van der Waals surface area contributed by atoms with Gasteiger partial charge in [0.2, 0.25) is 0 Å². The molecule has 7 nitrogen and oxygen atoms in total. The van der Waals surface area contributed by atoms with Gasteiger partial charge in [-0.05, 0) is 73.3 Å². The van der Waals surface area contributed by atoms with Gasteiger partial charge in [-0.1, -0.05) is 45.0 Å². The summed E-state index contributed by atoms with van der Waals surface area (Å²) in [5.41, 5.74) is 1.45. The molecule has 0 spiro atoms. The van der Waals surface area contributed by atoms with Crippen LogP contribution in [0.15, 0.2) is 48.5 Å². The van der Waals surface area contributed by atoms with E-state index in [9.17, 15) is 5.11 Å². The van der Waals surface area contributed by atoms with Crippen LogP contribution in [0, 0.1) is 0 Å². The van der Waals surface area contributed by atoms with Gasteiger partial charge in [0.1, 0.15) is 17.6 Å². The molecule has 0 radical (unpaired) electrons. The summed E-state index contributed by atoms with van der Waals surface area (Å²) in [6, 6.07) is 15.8. The van der Waals surface area contributed by atoms with Crippen LogP contribution in [0.4, 0.5) is 0 Å². The number of methoxy groups -OCH3 is 2. The van der Waals surface area contributed by atoms with Gasteiger partial charge in [-0.3, -0.25) is 0 Å². The summed E-state index contributed by atoms with van der Waals surface area (Å²) in [5.74, 6) is 1.63. The number of hydrogen-bond acceptors (Lipinski definition) is 7. The maximum Gasteiger partial charge on any atom is 0.192 e. The molecular formula is C32H50O7Si. The summed E-state index contributed by atoms with van der Waals surface area (Å²) in [5, 5.41) is 10.1. The third-order valence-electron chi connectivity index (χ3n) is 8.41. The predicted octanol–water partition coefficient (Wildman–Crippen LogP) is 6.52. The number of ether oxygens (including phenoxy) is 5. The molecule has 2 aromatic carbocycles. The first-order valence-electron chi connectivity index (χ1n) is 14.3. The van der Waals surface area contributed by atoms with Crippen molar-refractivity contribution in [3.8, 4) is 11.5 Å². The molecule has 1 aliphatic heterocycles. The van der Waals surface area contributed by atoms with E-state index in [-0.39, 0.29) is 30.0 Å². The van der Waals surface area contributed by atoms with Crippen LogP contribution in [0.5, 0.6) is 11.5 Å². The molecule has 1 fully saturated rings. The van der Waals surface area contributed by atoms with Crippen LogP contribution in [0.2, 0.25) is 18.1 Å². The van der Waals surface area contributed by atoms with Crippen LogP contribution >= 0.6 is 0 Å². The zero-order valence-electron chi connectivity index (χ0n) is 25.7. The second kappa shape index (κ2) is 14.3. The van der Waals surface area contributed by atoms with Crippen LogP contribution in [0.1, 0.15) is 58.1 Å². The average molecular weight is 575 g/mol. The van der Waals surface area contributed by atoms with Crippen LogP contribution in [-0.2, 0) is 31.9 Å². The van der Waals surface area contributed by atoms with Crippen LogP contribution in [-0.4, -0.2) is 64.8 Å². The van der Waals surface area contributed by atoms with Crippen LogP contribution < -0.4 is 9.47 Å². The Bertz CT molecular complexity index is 1020. The Kier molecular flexibility index (Phi) is 11.6. The topological polar surface area (TPSA) is 75.6 Å². The largest absolute Gasteiger partial charge is 0.497 e. The predicted molar refractivity (Wildman–Crippen MR) is 161 cm³/mol. The molecule has 224 valence electrons. The lowest BCUT2D eigenvalue weighted by Gasteiger charge is -2.45. The minimum atomic E-state index is -2.09. The Hall–Kier alpha value is -1.94. The van der Waals surface area contributed by atoms with E-state index in [0.29, 0.717) is 26.2 Å². The second-order valence-electron chi connectivity index (χ2n) is 12.4. The Morgan fingerprint density at radius 3 is 1.95 bits per heavy atom. The molecule has 0 saturated carbocycles. The number of rotatable bonds is 13. The fourth-order valence-electron chi connectivity index (χ4n) is 4.73. The zero-order chi connectivity index (χ0) is 29.4. The van der Waals surface area contributed by atoms with Crippen molar-refractivity contribution in [2.24, 2.45) is 0 Å². The van der Waals surface area contributed by atoms with Gasteiger partial charge in [-0.25, -0.2) is 0 Å². The van der Waals surface area contributed by atoms with Gasteiger partial charge in [0, 0.05) is 13.0 Å². The Morgan fingerprint density at radius 2 is 1.45 bits per heavy atom. The van der Waals surface area contributed by atoms with E-state index in [1.165, 1.54) is 0 Å². The van der Waals surface area contributed by atoms with Gasteiger partial charge in [-0.2, -0.15) is 0 Å². The van der Waals surface area contributed by atoms with Crippen molar-refractivity contribution in [3.05, 3.63) is 59.7 Å². The Balaban J connectivity index is 1.80. The first-order chi connectivity index (χ1) is 18.9. The quantitative estimate of drug-likeness (QED) is 0.273. The monoisotopic (exact) mass is 574 g/mol. The lowest BCUT2D eigenvalue weighted by Crippen LogP contribution is -2.53. The average Bonchev–Trinajstić information content (AvgIpc) is 3.03. The third kappa shape index (κ3) is 8.78. The fraction of sp³-hybridized carbons (Fsp3) is 0.625. The maximum absolute atomic E-state index is 10.1. The summed E-state index contributed by atoms with van der Waals surface area (Å²) in [6.07, 6.45) is 1.37. The molecule has 0 aromatic heterocycles. The van der Waals surface area contributed by atoms with Gasteiger partial charge in [-0.15, -0.1) is 0 Å². The minimum Gasteiger partial charge on any atom is -0.497 e. The lowest BCUT2D eigenvalue weighted by molar-refractivity contribution is -0.184. The van der Waals surface area contributed by atoms with E-state index in [4.69, 9.17) is 28.1 Å². The number of aliphatic hydroxyl groups is 1. The van der Waals surface area contributed by atoms with E-state index in [1.807, 2.05) is 48.5 Å². The normalized spacial score (nSPS) is 24.0. The van der Waals surface area contributed by atoms with Crippen molar-refractivity contribution >= 4 is 8.32 Å². The van der Waals surface area contributed by atoms with E-state index in [2.05, 4.69) is 40.8 Å². The molecule has 0 aliphatic carbocycles. The molecular weight excluding hydrogens is 524 g/mol. The van der Waals surface area contributed by atoms with Crippen molar-refractivity contribution in [2.45, 2.75) is 102 Å². The SMILES string of the molecule is COc1ccc(COC[C@@H]2O[C@](C)(CCO)[C@@H](O[Si](C)(C)C(C)(C)C)CC[C@H]2OCc2ccc(OC)cc2)cc1. The van der Waals surface area contributed by atoms with Gasteiger partial charge in [0.05, 0.1) is 51.8 Å². The molecule has 0 unspecified atom stereocenters. The Labute approximate surface area is 242 Å². The lowest BCUT2D eigenvalue weighted by atomic mass is 9.92. The number of hydrogen-bond donors (Lipinski definition) is 1. The summed E-state index contributed by atoms with van der Waals surface area (Å²) >= 11 is 0. The molecule has 1 N–H and O–H groups in total. The molecule has 8 heteroatoms. The summed E-state index contributed by atoms with van der Waals surface area (Å²) in [6.45, 7) is 14.6. The molecule has 2 aromatic rings. The molecule has 1 aliphatic rings. The highest BCUT2D eigenvalue weighted by Crippen LogP contribution is 2.42. The van der Waals surface area contributed by atoms with Crippen molar-refractivity contribution in [2.75, 3.05) is 27.4 Å². The number of aliphatic hydroxyl groups excluding tert-OH is 1. The van der Waals surface area contributed by atoms with Crippen molar-refractivity contribution in [1.29, 1.82) is 0 Å². The van der Waals surface area contributed by atoms with E-state index >= 15 is 0 Å². The summed E-state index contributed by atoms with van der Waals surface area (Å²) in [4.78, 5) is 0. The van der Waals surface area contributed by atoms with Gasteiger partial charge in [0.15, 0.2) is 8.32 Å². The van der Waals surface area contributed by atoms with Crippen LogP contribution in [0.3, 0.4) is 0 Å². The van der Waals surface area contributed by atoms with Crippen molar-refractivity contribution < 1.29 is 33.2 Å². The zero-order valence-corrected chi connectivity index (χ0v) is 26.7. The summed E-state index contributed by atoms with van der Waals surface area (Å²) < 4.78 is 37.1. The molecule has 3 rings (SSSR count). The standard InChI is InChI=1S/C32H50O7Si/c1-31(2,3)40(7,8)39-30-18-17-28(37-22-25-11-15-27(35-6)16-12-25)29(38-32(30,4)19-20-33)23-36-21-24-9-13-26(34-5)14-10-24/h9-16,28-30,33H,17-23H2,1-8H3/t28-,29+,30+,32-/m1/s1. The van der Waals surface area contributed by atoms with E-state index in [0.717, 1.165) is 35.5 Å². The molecule has 40 heavy (non-hydrogen) atoms. The van der Waals surface area contributed by atoms with Crippen molar-refractivity contribution in [1.82, 2.24) is 0 Å². The highest BCUT2D eigenvalue weighted by molar-refractivity contribution is 6.74. The minimum absolute atomic E-state index is 0.0185. The maximum atomic E-state index is 10.1. The van der Waals surface area contributed by atoms with Gasteiger partial charge >= 0.3 is 0 Å². The second-order valence-corrected chi connectivity index (χ2v) is 17.2. The van der Waals surface area contributed by atoms with Gasteiger partial charge in [0.25, 0.3) is 0 Å². The highest BCUT2D eigenvalue weighted by atomic mass is 28.4. The van der Waals surface area contributed by atoms with E-state index in [1.54, 1.807) is 14.2 Å². The van der Waals surface area contributed by atoms with Crippen LogP contribution in [0.25, 0.3) is 0 Å². The third-order valence-corrected chi connectivity index (χ3v) is 12.9. The molecule has 1 saturated heterocycles. The fourth-order valence-corrected chi connectivity index (χ4v) is 6.17. The van der Waals surface area contributed by atoms with E-state index < -0.39 is 13.9 Å². The molecule has 0 bridgehead atoms. The molecule has 4 atom stereocenters. The Morgan fingerprint density at radius 1 is 0.900 bits per heavy atom. The van der Waals surface area contributed by atoms with Gasteiger partial charge < -0.3 is 33.2 Å².